The predicted molar refractivity (Wildman–Crippen MR) is 81.5 cm³/mol. The molecule has 0 aliphatic heterocycles. The van der Waals surface area contributed by atoms with Crippen LogP contribution in [-0.2, 0) is 0 Å². The average molecular weight is 263 g/mol. The van der Waals surface area contributed by atoms with Crippen LogP contribution in [0.5, 0.6) is 0 Å². The molecule has 0 amide bonds. The van der Waals surface area contributed by atoms with E-state index in [0.29, 0.717) is 0 Å². The van der Waals surface area contributed by atoms with Gasteiger partial charge in [0.2, 0.25) is 0 Å². The van der Waals surface area contributed by atoms with Crippen molar-refractivity contribution in [3.05, 3.63) is 71.0 Å². The summed E-state index contributed by atoms with van der Waals surface area (Å²) in [5.74, 6) is 0. The van der Waals surface area contributed by atoms with Crippen LogP contribution in [0, 0.1) is 13.8 Å². The highest BCUT2D eigenvalue weighted by molar-refractivity contribution is 5.78. The zero-order valence-corrected chi connectivity index (χ0v) is 11.7. The van der Waals surface area contributed by atoms with Crippen molar-refractivity contribution in [1.29, 1.82) is 0 Å². The molecule has 0 radical (unpaired) electrons. The number of aromatic nitrogens is 2. The van der Waals surface area contributed by atoms with Crippen molar-refractivity contribution in [2.45, 2.75) is 19.9 Å². The van der Waals surface area contributed by atoms with Gasteiger partial charge in [0.15, 0.2) is 0 Å². The van der Waals surface area contributed by atoms with Crippen molar-refractivity contribution in [3.8, 4) is 0 Å². The number of fused-ring (bicyclic) bond motifs is 1. The maximum Gasteiger partial charge on any atom is 0.0937 e. The molecule has 1 atom stereocenters. The minimum atomic E-state index is -0.185. The largest absolute Gasteiger partial charge is 0.320 e. The van der Waals surface area contributed by atoms with Crippen LogP contribution in [0.2, 0.25) is 0 Å². The number of nitrogens with zero attached hydrogens (tertiary/aromatic N) is 2. The van der Waals surface area contributed by atoms with Gasteiger partial charge in [0.25, 0.3) is 0 Å². The zero-order valence-electron chi connectivity index (χ0n) is 11.7. The first-order chi connectivity index (χ1) is 9.66. The predicted octanol–water partition coefficient (Wildman–Crippen LogP) is 3.29. The van der Waals surface area contributed by atoms with Crippen molar-refractivity contribution in [1.82, 2.24) is 9.97 Å². The van der Waals surface area contributed by atoms with E-state index < -0.39 is 0 Å². The van der Waals surface area contributed by atoms with Crippen molar-refractivity contribution >= 4 is 11.0 Å². The Balaban J connectivity index is 2.17. The lowest BCUT2D eigenvalue weighted by atomic mass is 9.93. The van der Waals surface area contributed by atoms with Crippen molar-refractivity contribution < 1.29 is 0 Å². The van der Waals surface area contributed by atoms with Crippen molar-refractivity contribution in [3.63, 3.8) is 0 Å². The molecule has 0 bridgehead atoms. The van der Waals surface area contributed by atoms with E-state index in [1.165, 1.54) is 11.1 Å². The molecule has 0 spiro atoms. The van der Waals surface area contributed by atoms with Crippen LogP contribution in [0.3, 0.4) is 0 Å². The second-order valence-corrected chi connectivity index (χ2v) is 5.11. The van der Waals surface area contributed by atoms with Gasteiger partial charge >= 0.3 is 0 Å². The van der Waals surface area contributed by atoms with E-state index in [1.54, 1.807) is 12.4 Å². The quantitative estimate of drug-likeness (QED) is 0.771. The Hall–Kier alpha value is -2.26. The number of para-hydroxylation sites is 1. The molecule has 1 aromatic heterocycles. The third-order valence-corrected chi connectivity index (χ3v) is 3.63. The molecule has 1 unspecified atom stereocenters. The van der Waals surface area contributed by atoms with Crippen molar-refractivity contribution in [2.24, 2.45) is 5.73 Å². The molecule has 3 aromatic rings. The summed E-state index contributed by atoms with van der Waals surface area (Å²) in [5, 5.41) is 0. The Morgan fingerprint density at radius 2 is 1.75 bits per heavy atom. The molecule has 0 aliphatic rings. The smallest absolute Gasteiger partial charge is 0.0937 e. The Morgan fingerprint density at radius 1 is 0.950 bits per heavy atom. The van der Waals surface area contributed by atoms with Gasteiger partial charge in [-0.2, -0.15) is 0 Å². The molecule has 0 saturated carbocycles. The molecule has 3 nitrogen and oxygen atoms in total. The summed E-state index contributed by atoms with van der Waals surface area (Å²) in [7, 11) is 0. The first-order valence-electron chi connectivity index (χ1n) is 6.69. The second kappa shape index (κ2) is 5.02. The summed E-state index contributed by atoms with van der Waals surface area (Å²) in [6.07, 6.45) is 3.41. The van der Waals surface area contributed by atoms with E-state index >= 15 is 0 Å². The molecule has 100 valence electrons. The lowest BCUT2D eigenvalue weighted by molar-refractivity contribution is 0.864. The van der Waals surface area contributed by atoms with E-state index in [2.05, 4.69) is 42.0 Å². The van der Waals surface area contributed by atoms with Crippen LogP contribution < -0.4 is 5.73 Å². The number of benzene rings is 2. The van der Waals surface area contributed by atoms with E-state index in [4.69, 9.17) is 5.73 Å². The fourth-order valence-electron chi connectivity index (χ4n) is 2.53. The van der Waals surface area contributed by atoms with Crippen LogP contribution >= 0.6 is 0 Å². The van der Waals surface area contributed by atoms with Gasteiger partial charge in [0.05, 0.1) is 17.1 Å². The van der Waals surface area contributed by atoms with Gasteiger partial charge in [0, 0.05) is 18.0 Å². The van der Waals surface area contributed by atoms with Gasteiger partial charge in [-0.3, -0.25) is 9.97 Å². The minimum absolute atomic E-state index is 0.185. The molecule has 3 heteroatoms. The molecule has 2 aromatic carbocycles. The lowest BCUT2D eigenvalue weighted by Crippen LogP contribution is -2.14. The van der Waals surface area contributed by atoms with E-state index in [-0.39, 0.29) is 6.04 Å². The highest BCUT2D eigenvalue weighted by atomic mass is 14.8. The molecule has 0 saturated heterocycles. The van der Waals surface area contributed by atoms with Gasteiger partial charge < -0.3 is 5.73 Å². The molecule has 1 heterocycles. The van der Waals surface area contributed by atoms with E-state index in [1.807, 2.05) is 18.2 Å². The molecule has 2 N–H and O–H groups in total. The highest BCUT2D eigenvalue weighted by Gasteiger charge is 2.15. The first kappa shape index (κ1) is 12.8. The van der Waals surface area contributed by atoms with Gasteiger partial charge in [0.1, 0.15) is 0 Å². The van der Waals surface area contributed by atoms with Crippen molar-refractivity contribution in [2.75, 3.05) is 0 Å². The Labute approximate surface area is 118 Å². The summed E-state index contributed by atoms with van der Waals surface area (Å²) < 4.78 is 0. The number of rotatable bonds is 2. The Kier molecular flexibility index (Phi) is 3.20. The third kappa shape index (κ3) is 2.17. The first-order valence-corrected chi connectivity index (χ1v) is 6.69. The molecule has 3 rings (SSSR count). The van der Waals surface area contributed by atoms with Crippen LogP contribution in [0.1, 0.15) is 28.3 Å². The minimum Gasteiger partial charge on any atom is -0.320 e. The van der Waals surface area contributed by atoms with Crippen LogP contribution in [0.15, 0.2) is 48.8 Å². The van der Waals surface area contributed by atoms with E-state index in [0.717, 1.165) is 22.2 Å². The van der Waals surface area contributed by atoms with Gasteiger partial charge in [-0.05, 0) is 31.0 Å². The van der Waals surface area contributed by atoms with Gasteiger partial charge in [-0.1, -0.05) is 35.9 Å². The summed E-state index contributed by atoms with van der Waals surface area (Å²) in [6, 6.07) is 12.2. The summed E-state index contributed by atoms with van der Waals surface area (Å²) >= 11 is 0. The number of hydrogen-bond donors (Lipinski definition) is 1. The maximum absolute atomic E-state index is 6.48. The third-order valence-electron chi connectivity index (χ3n) is 3.63. The Bertz CT molecular complexity index is 760. The molecule has 0 aliphatic carbocycles. The molecular formula is C17H17N3. The summed E-state index contributed by atoms with van der Waals surface area (Å²) in [4.78, 5) is 8.78. The number of aryl methyl sites for hydroxylation is 2. The molecular weight excluding hydrogens is 246 g/mol. The van der Waals surface area contributed by atoms with Gasteiger partial charge in [-0.25, -0.2) is 0 Å². The average Bonchev–Trinajstić information content (AvgIpc) is 2.48. The topological polar surface area (TPSA) is 51.8 Å². The number of hydrogen-bond acceptors (Lipinski definition) is 3. The summed E-state index contributed by atoms with van der Waals surface area (Å²) in [6.45, 7) is 4.17. The normalized spacial score (nSPS) is 12.6. The zero-order chi connectivity index (χ0) is 14.1. The Morgan fingerprint density at radius 3 is 2.60 bits per heavy atom. The maximum atomic E-state index is 6.48. The van der Waals surface area contributed by atoms with Crippen LogP contribution in [0.25, 0.3) is 11.0 Å². The van der Waals surface area contributed by atoms with E-state index in [9.17, 15) is 0 Å². The molecule has 0 fully saturated rings. The van der Waals surface area contributed by atoms with Gasteiger partial charge in [-0.15, -0.1) is 0 Å². The molecule has 20 heavy (non-hydrogen) atoms. The fraction of sp³-hybridized carbons (Fsp3) is 0.176. The monoisotopic (exact) mass is 263 g/mol. The SMILES string of the molecule is Cc1ccc(C)c(C(N)c2cccc3nccnc23)c1. The summed E-state index contributed by atoms with van der Waals surface area (Å²) in [5.41, 5.74) is 12.8. The van der Waals surface area contributed by atoms with Crippen LogP contribution in [0.4, 0.5) is 0 Å². The standard InChI is InChI=1S/C17H17N3/c1-11-6-7-12(2)14(10-11)16(18)13-4-3-5-15-17(13)20-9-8-19-15/h3-10,16H,18H2,1-2H3. The lowest BCUT2D eigenvalue weighted by Gasteiger charge is -2.17. The number of nitrogens with two attached hydrogens (primary N) is 1. The van der Waals surface area contributed by atoms with Crippen LogP contribution in [-0.4, -0.2) is 9.97 Å². The second-order valence-electron chi connectivity index (χ2n) is 5.11. The highest BCUT2D eigenvalue weighted by Crippen LogP contribution is 2.27. The fourth-order valence-corrected chi connectivity index (χ4v) is 2.53.